The van der Waals surface area contributed by atoms with Crippen LogP contribution in [0, 0.1) is 6.92 Å². The van der Waals surface area contributed by atoms with Crippen LogP contribution in [0.1, 0.15) is 51.0 Å². The van der Waals surface area contributed by atoms with Crippen molar-refractivity contribution in [2.45, 2.75) is 32.4 Å². The van der Waals surface area contributed by atoms with Gasteiger partial charge >= 0.3 is 0 Å². The van der Waals surface area contributed by atoms with Crippen molar-refractivity contribution in [2.24, 2.45) is 0 Å². The second kappa shape index (κ2) is 10.2. The number of ether oxygens (including phenoxy) is 2. The number of fused-ring (bicyclic) bond motifs is 6. The van der Waals surface area contributed by atoms with E-state index in [2.05, 4.69) is 44.5 Å². The van der Waals surface area contributed by atoms with Crippen molar-refractivity contribution in [2.75, 3.05) is 19.7 Å². The standard InChI is InChI=1S/C30H30N4O4/c1-19-32-17-22(33-19)18-34-12-10-20-14-24-6-8-26(20)29(34)21-4-2-5-23(15-21)37-13-3-11-31-30(36)27-16-25(38-24)7-9-28(27)35/h2,4-9,14-17,29,35H,3,10-13,18H2,1H3,(H,31,36)(H,32,33). The fourth-order valence-corrected chi connectivity index (χ4v) is 5.28. The molecule has 4 aromatic rings. The summed E-state index contributed by atoms with van der Waals surface area (Å²) in [4.78, 5) is 22.9. The minimum Gasteiger partial charge on any atom is -0.507 e. The largest absolute Gasteiger partial charge is 0.507 e. The lowest BCUT2D eigenvalue weighted by atomic mass is 9.87. The Labute approximate surface area is 221 Å². The van der Waals surface area contributed by atoms with Gasteiger partial charge in [0.25, 0.3) is 5.91 Å². The lowest BCUT2D eigenvalue weighted by Gasteiger charge is -2.37. The second-order valence-electron chi connectivity index (χ2n) is 9.79. The highest BCUT2D eigenvalue weighted by Gasteiger charge is 2.30. The van der Waals surface area contributed by atoms with Crippen LogP contribution >= 0.6 is 0 Å². The number of benzene rings is 3. The number of phenolic OH excluding ortho intramolecular Hbond substituents is 1. The molecular formula is C30H30N4O4. The first kappa shape index (κ1) is 24.1. The molecule has 0 radical (unpaired) electrons. The van der Waals surface area contributed by atoms with E-state index in [1.54, 1.807) is 12.1 Å². The number of aromatic nitrogens is 2. The first-order chi connectivity index (χ1) is 18.5. The average molecular weight is 511 g/mol. The van der Waals surface area contributed by atoms with Crippen LogP contribution in [0.2, 0.25) is 0 Å². The molecule has 0 spiro atoms. The third-order valence-corrected chi connectivity index (χ3v) is 7.07. The molecule has 0 fully saturated rings. The number of aryl methyl sites for hydroxylation is 1. The van der Waals surface area contributed by atoms with Crippen LogP contribution in [0.25, 0.3) is 0 Å². The van der Waals surface area contributed by atoms with E-state index in [0.29, 0.717) is 31.1 Å². The fraction of sp³-hybridized carbons (Fsp3) is 0.267. The summed E-state index contributed by atoms with van der Waals surface area (Å²) in [5, 5.41) is 13.1. The van der Waals surface area contributed by atoms with Gasteiger partial charge in [0.2, 0.25) is 0 Å². The minimum atomic E-state index is -0.350. The topological polar surface area (TPSA) is 99.7 Å². The molecule has 8 bridgehead atoms. The highest BCUT2D eigenvalue weighted by atomic mass is 16.5. The second-order valence-corrected chi connectivity index (χ2v) is 9.79. The molecule has 1 unspecified atom stereocenters. The van der Waals surface area contributed by atoms with Gasteiger partial charge in [0.05, 0.1) is 18.2 Å². The van der Waals surface area contributed by atoms with Crippen molar-refractivity contribution in [1.29, 1.82) is 0 Å². The number of carbonyl (C=O) groups excluding carboxylic acids is 1. The molecule has 8 nitrogen and oxygen atoms in total. The van der Waals surface area contributed by atoms with Crippen molar-refractivity contribution in [3.05, 3.63) is 101 Å². The Morgan fingerprint density at radius 2 is 1.95 bits per heavy atom. The van der Waals surface area contributed by atoms with Gasteiger partial charge in [-0.25, -0.2) is 4.98 Å². The zero-order valence-corrected chi connectivity index (χ0v) is 21.2. The van der Waals surface area contributed by atoms with E-state index in [1.807, 2.05) is 31.3 Å². The average Bonchev–Trinajstić information content (AvgIpc) is 3.33. The number of nitrogens with zero attached hydrogens (tertiary/aromatic N) is 2. The van der Waals surface area contributed by atoms with Crippen molar-refractivity contribution in [3.8, 4) is 23.0 Å². The maximum atomic E-state index is 12.7. The van der Waals surface area contributed by atoms with Crippen LogP contribution in [0.5, 0.6) is 23.0 Å². The number of rotatable bonds is 2. The smallest absolute Gasteiger partial charge is 0.255 e. The molecule has 1 atom stereocenters. The molecule has 0 saturated carbocycles. The molecule has 3 aromatic carbocycles. The zero-order chi connectivity index (χ0) is 26.1. The highest BCUT2D eigenvalue weighted by molar-refractivity contribution is 5.97. The molecule has 8 heteroatoms. The molecule has 38 heavy (non-hydrogen) atoms. The van der Waals surface area contributed by atoms with Crippen LogP contribution in [-0.4, -0.2) is 45.6 Å². The third kappa shape index (κ3) is 4.95. The summed E-state index contributed by atoms with van der Waals surface area (Å²) in [5.74, 6) is 2.46. The zero-order valence-electron chi connectivity index (χ0n) is 21.2. The first-order valence-corrected chi connectivity index (χ1v) is 12.9. The number of imidazole rings is 1. The number of aromatic amines is 1. The Balaban J connectivity index is 1.41. The molecule has 7 rings (SSSR count). The van der Waals surface area contributed by atoms with Crippen LogP contribution in [-0.2, 0) is 13.0 Å². The van der Waals surface area contributed by atoms with Crippen LogP contribution in [0.3, 0.4) is 0 Å². The summed E-state index contributed by atoms with van der Waals surface area (Å²) in [6, 6.07) is 19.2. The van der Waals surface area contributed by atoms with Crippen molar-refractivity contribution < 1.29 is 19.4 Å². The van der Waals surface area contributed by atoms with Gasteiger partial charge in [0.15, 0.2) is 0 Å². The SMILES string of the molecule is Cc1ncc(CN2CCc3cc4ccc3C2c2cccc(c2)OCCCNC(=O)c2cc(ccc2O)O4)[nH]1. The molecule has 1 amide bonds. The summed E-state index contributed by atoms with van der Waals surface area (Å²) in [6.45, 7) is 4.47. The summed E-state index contributed by atoms with van der Waals surface area (Å²) >= 11 is 0. The van der Waals surface area contributed by atoms with Gasteiger partial charge in [0.1, 0.15) is 28.8 Å². The molecule has 194 valence electrons. The Morgan fingerprint density at radius 1 is 1.08 bits per heavy atom. The molecule has 0 aliphatic carbocycles. The summed E-state index contributed by atoms with van der Waals surface area (Å²) < 4.78 is 12.2. The fourth-order valence-electron chi connectivity index (χ4n) is 5.28. The third-order valence-electron chi connectivity index (χ3n) is 7.07. The lowest BCUT2D eigenvalue weighted by molar-refractivity contribution is 0.0948. The van der Waals surface area contributed by atoms with Crippen molar-refractivity contribution >= 4 is 5.91 Å². The van der Waals surface area contributed by atoms with E-state index in [0.717, 1.165) is 42.3 Å². The van der Waals surface area contributed by atoms with Crippen LogP contribution < -0.4 is 14.8 Å². The number of carbonyl (C=O) groups is 1. The predicted molar refractivity (Wildman–Crippen MR) is 143 cm³/mol. The van der Waals surface area contributed by atoms with E-state index in [4.69, 9.17) is 9.47 Å². The number of aromatic hydroxyl groups is 1. The Morgan fingerprint density at radius 3 is 2.82 bits per heavy atom. The van der Waals surface area contributed by atoms with Gasteiger partial charge in [-0.3, -0.25) is 9.69 Å². The quantitative estimate of drug-likeness (QED) is 0.356. The number of H-pyrrole nitrogens is 1. The van der Waals surface area contributed by atoms with E-state index < -0.39 is 0 Å². The van der Waals surface area contributed by atoms with Gasteiger partial charge in [-0.05, 0) is 78.9 Å². The maximum absolute atomic E-state index is 12.7. The van der Waals surface area contributed by atoms with Gasteiger partial charge in [0, 0.05) is 31.5 Å². The Hall–Kier alpha value is -4.30. The molecule has 1 aromatic heterocycles. The van der Waals surface area contributed by atoms with Crippen molar-refractivity contribution in [1.82, 2.24) is 20.2 Å². The lowest BCUT2D eigenvalue weighted by Crippen LogP contribution is -2.35. The molecular weight excluding hydrogens is 480 g/mol. The molecule has 0 saturated heterocycles. The number of nitrogens with one attached hydrogen (secondary N) is 2. The van der Waals surface area contributed by atoms with E-state index >= 15 is 0 Å². The molecule has 3 aliphatic heterocycles. The monoisotopic (exact) mass is 510 g/mol. The van der Waals surface area contributed by atoms with Gasteiger partial charge in [-0.15, -0.1) is 0 Å². The highest BCUT2D eigenvalue weighted by Crippen LogP contribution is 2.39. The van der Waals surface area contributed by atoms with Crippen LogP contribution in [0.15, 0.2) is 66.9 Å². The van der Waals surface area contributed by atoms with E-state index in [1.165, 1.54) is 17.2 Å². The number of amides is 1. The van der Waals surface area contributed by atoms with Gasteiger partial charge in [-0.1, -0.05) is 18.2 Å². The van der Waals surface area contributed by atoms with E-state index in [-0.39, 0.29) is 23.3 Å². The van der Waals surface area contributed by atoms with Crippen molar-refractivity contribution in [3.63, 3.8) is 0 Å². The predicted octanol–water partition coefficient (Wildman–Crippen LogP) is 4.88. The first-order valence-electron chi connectivity index (χ1n) is 12.9. The number of phenols is 1. The number of hydrogen-bond donors (Lipinski definition) is 3. The minimum absolute atomic E-state index is 0.0402. The Kier molecular flexibility index (Phi) is 6.47. The van der Waals surface area contributed by atoms with Gasteiger partial charge in [-0.2, -0.15) is 0 Å². The summed E-state index contributed by atoms with van der Waals surface area (Å²) in [6.07, 6.45) is 3.41. The maximum Gasteiger partial charge on any atom is 0.255 e. The molecule has 4 heterocycles. The number of hydrogen-bond acceptors (Lipinski definition) is 6. The van der Waals surface area contributed by atoms with E-state index in [9.17, 15) is 9.90 Å². The van der Waals surface area contributed by atoms with Gasteiger partial charge < -0.3 is 24.9 Å². The molecule has 3 N–H and O–H groups in total. The summed E-state index contributed by atoms with van der Waals surface area (Å²) in [7, 11) is 0. The summed E-state index contributed by atoms with van der Waals surface area (Å²) in [5.41, 5.74) is 4.87. The van der Waals surface area contributed by atoms with Crippen LogP contribution in [0.4, 0.5) is 0 Å². The molecule has 3 aliphatic rings. The normalized spacial score (nSPS) is 17.6. The Bertz CT molecular complexity index is 1480.